The smallest absolute Gasteiger partial charge is 0.126 e. The lowest BCUT2D eigenvalue weighted by molar-refractivity contribution is 0.264. The molecule has 0 aromatic heterocycles. The zero-order valence-electron chi connectivity index (χ0n) is 8.25. The summed E-state index contributed by atoms with van der Waals surface area (Å²) in [4.78, 5) is 0. The summed E-state index contributed by atoms with van der Waals surface area (Å²) in [5.74, 6) is 0.691. The van der Waals surface area contributed by atoms with Gasteiger partial charge in [-0.1, -0.05) is 11.6 Å². The number of aryl methyl sites for hydroxylation is 1. The number of rotatable bonds is 3. The van der Waals surface area contributed by atoms with Crippen LogP contribution in [0.5, 0.6) is 5.75 Å². The van der Waals surface area contributed by atoms with Crippen molar-refractivity contribution in [3.05, 3.63) is 28.3 Å². The van der Waals surface area contributed by atoms with Gasteiger partial charge in [0.05, 0.1) is 19.8 Å². The Labute approximate surface area is 88.4 Å². The summed E-state index contributed by atoms with van der Waals surface area (Å²) in [5.41, 5.74) is 7.37. The molecular weight excluding hydrogens is 202 g/mol. The number of hydrogen-bond acceptors (Lipinski definition) is 3. The van der Waals surface area contributed by atoms with Crippen molar-refractivity contribution in [3.63, 3.8) is 0 Å². The van der Waals surface area contributed by atoms with E-state index in [1.54, 1.807) is 19.2 Å². The first-order valence-corrected chi connectivity index (χ1v) is 4.68. The Kier molecular flexibility index (Phi) is 3.75. The number of halogens is 1. The maximum atomic E-state index is 8.97. The quantitative estimate of drug-likeness (QED) is 0.806. The molecule has 0 saturated heterocycles. The number of nitrogens with two attached hydrogens (primary N) is 1. The topological polar surface area (TPSA) is 55.5 Å². The SMILES string of the molecule is COc1c(C)cc(Cl)cc1[C@H](N)CO. The number of ether oxygens (including phenoxy) is 1. The summed E-state index contributed by atoms with van der Waals surface area (Å²) < 4.78 is 5.20. The lowest BCUT2D eigenvalue weighted by Crippen LogP contribution is -2.16. The zero-order chi connectivity index (χ0) is 10.7. The zero-order valence-corrected chi connectivity index (χ0v) is 9.01. The second-order valence-electron chi connectivity index (χ2n) is 3.13. The summed E-state index contributed by atoms with van der Waals surface area (Å²) in [6.07, 6.45) is 0. The third-order valence-corrected chi connectivity index (χ3v) is 2.29. The number of aliphatic hydroxyl groups excluding tert-OH is 1. The van der Waals surface area contributed by atoms with Crippen molar-refractivity contribution in [1.29, 1.82) is 0 Å². The molecule has 0 aliphatic carbocycles. The average molecular weight is 216 g/mol. The van der Waals surface area contributed by atoms with Crippen molar-refractivity contribution < 1.29 is 9.84 Å². The average Bonchev–Trinajstić information content (AvgIpc) is 2.15. The van der Waals surface area contributed by atoms with Crippen molar-refractivity contribution >= 4 is 11.6 Å². The Bertz CT molecular complexity index is 328. The summed E-state index contributed by atoms with van der Waals surface area (Å²) in [5, 5.41) is 9.57. The van der Waals surface area contributed by atoms with Crippen molar-refractivity contribution in [1.82, 2.24) is 0 Å². The van der Waals surface area contributed by atoms with Crippen LogP contribution >= 0.6 is 11.6 Å². The molecule has 1 atom stereocenters. The van der Waals surface area contributed by atoms with E-state index in [1.165, 1.54) is 0 Å². The maximum absolute atomic E-state index is 8.97. The van der Waals surface area contributed by atoms with Gasteiger partial charge in [-0.25, -0.2) is 0 Å². The van der Waals surface area contributed by atoms with Gasteiger partial charge in [0.15, 0.2) is 0 Å². The molecule has 3 N–H and O–H groups in total. The van der Waals surface area contributed by atoms with E-state index in [9.17, 15) is 0 Å². The fraction of sp³-hybridized carbons (Fsp3) is 0.400. The number of aliphatic hydroxyl groups is 1. The lowest BCUT2D eigenvalue weighted by Gasteiger charge is -2.16. The summed E-state index contributed by atoms with van der Waals surface area (Å²) in [7, 11) is 1.57. The molecule has 1 aromatic rings. The van der Waals surface area contributed by atoms with E-state index in [1.807, 2.05) is 6.92 Å². The van der Waals surface area contributed by atoms with Crippen LogP contribution in [0, 0.1) is 6.92 Å². The van der Waals surface area contributed by atoms with Crippen LogP contribution in [0.2, 0.25) is 5.02 Å². The van der Waals surface area contributed by atoms with Crippen molar-refractivity contribution in [2.45, 2.75) is 13.0 Å². The summed E-state index contributed by atoms with van der Waals surface area (Å²) in [6, 6.07) is 3.06. The first kappa shape index (κ1) is 11.3. The van der Waals surface area contributed by atoms with Crippen LogP contribution in [0.15, 0.2) is 12.1 Å². The van der Waals surface area contributed by atoms with Crippen LogP contribution in [0.1, 0.15) is 17.2 Å². The second kappa shape index (κ2) is 4.64. The minimum absolute atomic E-state index is 0.129. The molecule has 0 spiro atoms. The molecule has 0 unspecified atom stereocenters. The standard InChI is InChI=1S/C10H14ClNO2/c1-6-3-7(11)4-8(9(12)5-13)10(6)14-2/h3-4,9,13H,5,12H2,1-2H3/t9-/m1/s1. The third-order valence-electron chi connectivity index (χ3n) is 2.07. The van der Waals surface area contributed by atoms with Gasteiger partial charge in [0.2, 0.25) is 0 Å². The van der Waals surface area contributed by atoms with Gasteiger partial charge in [0, 0.05) is 10.6 Å². The molecule has 78 valence electrons. The Balaban J connectivity index is 3.24. The third kappa shape index (κ3) is 2.18. The van der Waals surface area contributed by atoms with Crippen molar-refractivity contribution in [2.75, 3.05) is 13.7 Å². The Morgan fingerprint density at radius 3 is 2.71 bits per heavy atom. The minimum Gasteiger partial charge on any atom is -0.496 e. The van der Waals surface area contributed by atoms with E-state index in [0.717, 1.165) is 11.1 Å². The molecule has 14 heavy (non-hydrogen) atoms. The normalized spacial score (nSPS) is 12.6. The maximum Gasteiger partial charge on any atom is 0.126 e. The molecule has 0 saturated carbocycles. The van der Waals surface area contributed by atoms with Gasteiger partial charge in [-0.2, -0.15) is 0 Å². The van der Waals surface area contributed by atoms with Gasteiger partial charge in [0.1, 0.15) is 5.75 Å². The van der Waals surface area contributed by atoms with Crippen LogP contribution in [-0.4, -0.2) is 18.8 Å². The second-order valence-corrected chi connectivity index (χ2v) is 3.57. The molecule has 3 nitrogen and oxygen atoms in total. The molecular formula is C10H14ClNO2. The van der Waals surface area contributed by atoms with Gasteiger partial charge >= 0.3 is 0 Å². The van der Waals surface area contributed by atoms with E-state index in [0.29, 0.717) is 10.8 Å². The van der Waals surface area contributed by atoms with Crippen molar-refractivity contribution in [2.24, 2.45) is 5.73 Å². The van der Waals surface area contributed by atoms with E-state index in [2.05, 4.69) is 0 Å². The molecule has 0 aliphatic rings. The van der Waals surface area contributed by atoms with Gasteiger partial charge in [-0.3, -0.25) is 0 Å². The van der Waals surface area contributed by atoms with Crippen LogP contribution < -0.4 is 10.5 Å². The fourth-order valence-electron chi connectivity index (χ4n) is 1.41. The predicted molar refractivity (Wildman–Crippen MR) is 56.8 cm³/mol. The highest BCUT2D eigenvalue weighted by Gasteiger charge is 2.14. The Morgan fingerprint density at radius 1 is 1.57 bits per heavy atom. The monoisotopic (exact) mass is 215 g/mol. The minimum atomic E-state index is -0.456. The molecule has 1 aromatic carbocycles. The lowest BCUT2D eigenvalue weighted by atomic mass is 10.0. The van der Waals surface area contributed by atoms with Gasteiger partial charge in [-0.05, 0) is 24.6 Å². The van der Waals surface area contributed by atoms with E-state index >= 15 is 0 Å². The van der Waals surface area contributed by atoms with Crippen LogP contribution in [0.4, 0.5) is 0 Å². The van der Waals surface area contributed by atoms with Gasteiger partial charge < -0.3 is 15.6 Å². The first-order chi connectivity index (χ1) is 6.60. The van der Waals surface area contributed by atoms with Crippen molar-refractivity contribution in [3.8, 4) is 5.75 Å². The largest absolute Gasteiger partial charge is 0.496 e. The molecule has 0 heterocycles. The number of hydrogen-bond donors (Lipinski definition) is 2. The van der Waals surface area contributed by atoms with Crippen LogP contribution in [-0.2, 0) is 0 Å². The highest BCUT2D eigenvalue weighted by Crippen LogP contribution is 2.30. The highest BCUT2D eigenvalue weighted by atomic mass is 35.5. The summed E-state index contributed by atoms with van der Waals surface area (Å²) >= 11 is 5.89. The summed E-state index contributed by atoms with van der Waals surface area (Å²) in [6.45, 7) is 1.76. The molecule has 0 bridgehead atoms. The molecule has 1 rings (SSSR count). The number of methoxy groups -OCH3 is 1. The van der Waals surface area contributed by atoms with E-state index in [4.69, 9.17) is 27.2 Å². The molecule has 0 amide bonds. The molecule has 0 aliphatic heterocycles. The number of benzene rings is 1. The van der Waals surface area contributed by atoms with Crippen LogP contribution in [0.3, 0.4) is 0 Å². The highest BCUT2D eigenvalue weighted by molar-refractivity contribution is 6.30. The van der Waals surface area contributed by atoms with E-state index in [-0.39, 0.29) is 6.61 Å². The Morgan fingerprint density at radius 2 is 2.21 bits per heavy atom. The predicted octanol–water partition coefficient (Wildman–Crippen LogP) is 1.65. The van der Waals surface area contributed by atoms with Gasteiger partial charge in [-0.15, -0.1) is 0 Å². The first-order valence-electron chi connectivity index (χ1n) is 4.30. The van der Waals surface area contributed by atoms with Gasteiger partial charge in [0.25, 0.3) is 0 Å². The fourth-order valence-corrected chi connectivity index (χ4v) is 1.69. The molecule has 4 heteroatoms. The molecule has 0 fully saturated rings. The molecule has 0 radical (unpaired) electrons. The van der Waals surface area contributed by atoms with Crippen LogP contribution in [0.25, 0.3) is 0 Å². The Hall–Kier alpha value is -0.770. The van der Waals surface area contributed by atoms with E-state index < -0.39 is 6.04 Å².